The van der Waals surface area contributed by atoms with Crippen molar-refractivity contribution in [2.75, 3.05) is 0 Å². The topological polar surface area (TPSA) is 91.6 Å². The predicted molar refractivity (Wildman–Crippen MR) is 62.8 cm³/mol. The van der Waals surface area contributed by atoms with Gasteiger partial charge in [-0.2, -0.15) is 0 Å². The van der Waals surface area contributed by atoms with Gasteiger partial charge in [-0.3, -0.25) is 4.79 Å². The fourth-order valence-corrected chi connectivity index (χ4v) is 2.15. The fourth-order valence-electron chi connectivity index (χ4n) is 2.15. The Balaban J connectivity index is 1.70. The Kier molecular flexibility index (Phi) is 3.86. The lowest BCUT2D eigenvalue weighted by Crippen LogP contribution is -2.40. The monoisotopic (exact) mass is 252 g/mol. The number of nitrogens with one attached hydrogen (secondary N) is 2. The molecular formula is C12H16N2O4. The second-order valence-electron chi connectivity index (χ2n) is 4.45. The van der Waals surface area contributed by atoms with Crippen LogP contribution in [0.15, 0.2) is 22.8 Å². The third-order valence-electron chi connectivity index (χ3n) is 3.12. The lowest BCUT2D eigenvalue weighted by atomic mass is 10.1. The Bertz CT molecular complexity index is 416. The van der Waals surface area contributed by atoms with E-state index in [1.165, 1.54) is 0 Å². The Morgan fingerprint density at radius 3 is 2.89 bits per heavy atom. The molecule has 1 aromatic heterocycles. The van der Waals surface area contributed by atoms with Gasteiger partial charge in [-0.25, -0.2) is 4.79 Å². The molecule has 1 aliphatic rings. The maximum atomic E-state index is 11.6. The van der Waals surface area contributed by atoms with Crippen LogP contribution < -0.4 is 10.6 Å². The number of carboxylic acid groups (broad SMARTS) is 1. The summed E-state index contributed by atoms with van der Waals surface area (Å²) in [5.74, 6) is -0.435. The first-order valence-corrected chi connectivity index (χ1v) is 5.94. The Morgan fingerprint density at radius 1 is 1.44 bits per heavy atom. The standard InChI is InChI=1S/C12H16N2O4/c15-11(16)8-3-4-9(6-8)14-12(17)13-7-10-2-1-5-18-10/h1-2,5,8-9H,3-4,6-7H2,(H,15,16)(H2,13,14,17)/t8-,9+/m1/s1. The molecule has 0 aromatic carbocycles. The zero-order valence-electron chi connectivity index (χ0n) is 9.89. The van der Waals surface area contributed by atoms with Gasteiger partial charge in [-0.15, -0.1) is 0 Å². The Labute approximate surface area is 104 Å². The maximum absolute atomic E-state index is 11.6. The summed E-state index contributed by atoms with van der Waals surface area (Å²) in [6.07, 6.45) is 3.39. The van der Waals surface area contributed by atoms with Crippen LogP contribution in [0.25, 0.3) is 0 Å². The van der Waals surface area contributed by atoms with Gasteiger partial charge in [0.25, 0.3) is 0 Å². The molecule has 18 heavy (non-hydrogen) atoms. The number of hydrogen-bond donors (Lipinski definition) is 3. The van der Waals surface area contributed by atoms with Crippen molar-refractivity contribution in [3.8, 4) is 0 Å². The minimum absolute atomic E-state index is 0.0531. The highest BCUT2D eigenvalue weighted by atomic mass is 16.4. The zero-order chi connectivity index (χ0) is 13.0. The molecule has 0 bridgehead atoms. The van der Waals surface area contributed by atoms with Crippen LogP contribution in [0.2, 0.25) is 0 Å². The van der Waals surface area contributed by atoms with E-state index in [0.717, 1.165) is 0 Å². The molecule has 2 rings (SSSR count). The van der Waals surface area contributed by atoms with E-state index in [0.29, 0.717) is 31.6 Å². The van der Waals surface area contributed by atoms with Crippen molar-refractivity contribution in [2.45, 2.75) is 31.8 Å². The van der Waals surface area contributed by atoms with Crippen LogP contribution in [-0.2, 0) is 11.3 Å². The number of amides is 2. The highest BCUT2D eigenvalue weighted by Gasteiger charge is 2.30. The van der Waals surface area contributed by atoms with Gasteiger partial charge < -0.3 is 20.2 Å². The fraction of sp³-hybridized carbons (Fsp3) is 0.500. The second kappa shape index (κ2) is 5.57. The van der Waals surface area contributed by atoms with Gasteiger partial charge in [-0.1, -0.05) is 0 Å². The van der Waals surface area contributed by atoms with Gasteiger partial charge in [0.2, 0.25) is 0 Å². The number of carbonyl (C=O) groups excluding carboxylic acids is 1. The number of hydrogen-bond acceptors (Lipinski definition) is 3. The van der Waals surface area contributed by atoms with Crippen molar-refractivity contribution >= 4 is 12.0 Å². The number of urea groups is 1. The molecule has 2 atom stereocenters. The molecule has 1 aromatic rings. The number of carboxylic acids is 1. The summed E-state index contributed by atoms with van der Waals surface area (Å²) in [4.78, 5) is 22.3. The van der Waals surface area contributed by atoms with E-state index < -0.39 is 5.97 Å². The lowest BCUT2D eigenvalue weighted by molar-refractivity contribution is -0.141. The SMILES string of the molecule is O=C(NCc1ccco1)N[C@H]1CC[C@@H](C(=O)O)C1. The van der Waals surface area contributed by atoms with Gasteiger partial charge in [0.1, 0.15) is 5.76 Å². The van der Waals surface area contributed by atoms with Gasteiger partial charge in [0.05, 0.1) is 18.7 Å². The Hall–Kier alpha value is -1.98. The van der Waals surface area contributed by atoms with Crippen molar-refractivity contribution < 1.29 is 19.1 Å². The molecule has 1 fully saturated rings. The van der Waals surface area contributed by atoms with Crippen LogP contribution in [0.4, 0.5) is 4.79 Å². The van der Waals surface area contributed by atoms with Crippen molar-refractivity contribution in [3.63, 3.8) is 0 Å². The van der Waals surface area contributed by atoms with Crippen LogP contribution in [-0.4, -0.2) is 23.1 Å². The van der Waals surface area contributed by atoms with Gasteiger partial charge >= 0.3 is 12.0 Å². The quantitative estimate of drug-likeness (QED) is 0.753. The second-order valence-corrected chi connectivity index (χ2v) is 4.45. The summed E-state index contributed by atoms with van der Waals surface area (Å²) in [5.41, 5.74) is 0. The molecule has 3 N–H and O–H groups in total. The Morgan fingerprint density at radius 2 is 2.28 bits per heavy atom. The first kappa shape index (κ1) is 12.5. The van der Waals surface area contributed by atoms with E-state index in [1.54, 1.807) is 18.4 Å². The minimum atomic E-state index is -0.782. The first-order valence-electron chi connectivity index (χ1n) is 5.94. The van der Waals surface area contributed by atoms with Gasteiger partial charge in [0, 0.05) is 6.04 Å². The number of carbonyl (C=O) groups is 2. The van der Waals surface area contributed by atoms with Crippen molar-refractivity contribution in [1.82, 2.24) is 10.6 Å². The van der Waals surface area contributed by atoms with Gasteiger partial charge in [-0.05, 0) is 31.4 Å². The molecule has 1 saturated carbocycles. The molecule has 98 valence electrons. The number of furan rings is 1. The minimum Gasteiger partial charge on any atom is -0.481 e. The van der Waals surface area contributed by atoms with Crippen LogP contribution in [0.5, 0.6) is 0 Å². The molecule has 1 aliphatic carbocycles. The van der Waals surface area contributed by atoms with E-state index in [2.05, 4.69) is 10.6 Å². The predicted octanol–water partition coefficient (Wildman–Crippen LogP) is 1.33. The van der Waals surface area contributed by atoms with Crippen molar-refractivity contribution in [2.24, 2.45) is 5.92 Å². The first-order chi connectivity index (χ1) is 8.65. The van der Waals surface area contributed by atoms with E-state index in [4.69, 9.17) is 9.52 Å². The summed E-state index contributed by atoms with van der Waals surface area (Å²) in [6, 6.07) is 3.18. The summed E-state index contributed by atoms with van der Waals surface area (Å²) in [5, 5.41) is 14.3. The van der Waals surface area contributed by atoms with E-state index in [9.17, 15) is 9.59 Å². The zero-order valence-corrected chi connectivity index (χ0v) is 9.89. The highest BCUT2D eigenvalue weighted by Crippen LogP contribution is 2.25. The molecule has 6 nitrogen and oxygen atoms in total. The molecule has 0 spiro atoms. The summed E-state index contributed by atoms with van der Waals surface area (Å²) < 4.78 is 5.08. The normalized spacial score (nSPS) is 22.7. The summed E-state index contributed by atoms with van der Waals surface area (Å²) in [7, 11) is 0. The lowest BCUT2D eigenvalue weighted by Gasteiger charge is -2.12. The van der Waals surface area contributed by atoms with Crippen LogP contribution >= 0.6 is 0 Å². The maximum Gasteiger partial charge on any atom is 0.315 e. The average Bonchev–Trinajstić information content (AvgIpc) is 2.96. The smallest absolute Gasteiger partial charge is 0.315 e. The van der Waals surface area contributed by atoms with Crippen molar-refractivity contribution in [3.05, 3.63) is 24.2 Å². The third-order valence-corrected chi connectivity index (χ3v) is 3.12. The summed E-state index contributed by atoms with van der Waals surface area (Å²) in [6.45, 7) is 0.327. The molecule has 2 amide bonds. The molecule has 1 heterocycles. The molecule has 0 saturated heterocycles. The number of aliphatic carboxylic acids is 1. The van der Waals surface area contributed by atoms with Gasteiger partial charge in [0.15, 0.2) is 0 Å². The third kappa shape index (κ3) is 3.26. The molecular weight excluding hydrogens is 236 g/mol. The molecule has 0 unspecified atom stereocenters. The van der Waals surface area contributed by atoms with Crippen LogP contribution in [0.3, 0.4) is 0 Å². The number of rotatable bonds is 4. The largest absolute Gasteiger partial charge is 0.481 e. The van der Waals surface area contributed by atoms with Crippen LogP contribution in [0, 0.1) is 5.92 Å². The average molecular weight is 252 g/mol. The van der Waals surface area contributed by atoms with E-state index in [-0.39, 0.29) is 18.0 Å². The molecule has 6 heteroatoms. The summed E-state index contributed by atoms with van der Waals surface area (Å²) >= 11 is 0. The highest BCUT2D eigenvalue weighted by molar-refractivity contribution is 5.75. The van der Waals surface area contributed by atoms with Crippen molar-refractivity contribution in [1.29, 1.82) is 0 Å². The molecule has 0 aliphatic heterocycles. The van der Waals surface area contributed by atoms with E-state index >= 15 is 0 Å². The molecule has 0 radical (unpaired) electrons. The van der Waals surface area contributed by atoms with Crippen LogP contribution in [0.1, 0.15) is 25.0 Å². The van der Waals surface area contributed by atoms with E-state index in [1.807, 2.05) is 0 Å².